The van der Waals surface area contributed by atoms with Gasteiger partial charge in [-0.3, -0.25) is 14.4 Å². The number of ether oxygens (including phenoxy) is 1. The minimum absolute atomic E-state index is 0.0620. The highest BCUT2D eigenvalue weighted by atomic mass is 35.5. The van der Waals surface area contributed by atoms with Crippen LogP contribution in [0.3, 0.4) is 0 Å². The first-order valence-corrected chi connectivity index (χ1v) is 16.7. The number of piperidine rings is 1. The number of carbonyl (C=O) groups is 3. The quantitative estimate of drug-likeness (QED) is 0.413. The normalized spacial score (nSPS) is 35.8. The summed E-state index contributed by atoms with van der Waals surface area (Å²) in [6, 6.07) is 4.65. The van der Waals surface area contributed by atoms with Crippen molar-refractivity contribution in [2.75, 3.05) is 31.5 Å². The van der Waals surface area contributed by atoms with Gasteiger partial charge in [-0.15, -0.1) is 0 Å². The third-order valence-corrected chi connectivity index (χ3v) is 11.6. The Morgan fingerprint density at radius 3 is 2.58 bits per heavy atom. The van der Waals surface area contributed by atoms with Gasteiger partial charge in [-0.1, -0.05) is 63.4 Å². The number of carbonyl (C=O) groups excluding carboxylic acids is 3. The van der Waals surface area contributed by atoms with Gasteiger partial charge >= 0.3 is 0 Å². The molecule has 2 bridgehead atoms. The average Bonchev–Trinajstić information content (AvgIpc) is 3.62. The SMILES string of the molecule is Cc1ccc(NC(=O)C2C3C=CC4(O3)C2C(=O)N(CCCN2CCC(C)CC2)C4C(=O)NC2CCCC(C)C2C)cc1Cl. The predicted octanol–water partition coefficient (Wildman–Crippen LogP) is 4.80. The highest BCUT2D eigenvalue weighted by Crippen LogP contribution is 2.55. The van der Waals surface area contributed by atoms with Crippen LogP contribution < -0.4 is 10.6 Å². The van der Waals surface area contributed by atoms with Crippen LogP contribution in [0.1, 0.15) is 64.9 Å². The molecular formula is C34H47ClN4O4. The van der Waals surface area contributed by atoms with Crippen LogP contribution in [-0.2, 0) is 19.1 Å². The highest BCUT2D eigenvalue weighted by molar-refractivity contribution is 6.31. The van der Waals surface area contributed by atoms with Gasteiger partial charge in [0, 0.05) is 23.3 Å². The zero-order valence-electron chi connectivity index (χ0n) is 26.0. The molecule has 2 N–H and O–H groups in total. The van der Waals surface area contributed by atoms with E-state index in [2.05, 4.69) is 36.3 Å². The Kier molecular flexibility index (Phi) is 8.66. The van der Waals surface area contributed by atoms with E-state index in [0.29, 0.717) is 29.1 Å². The number of amides is 3. The summed E-state index contributed by atoms with van der Waals surface area (Å²) in [4.78, 5) is 46.5. The Morgan fingerprint density at radius 2 is 1.84 bits per heavy atom. The van der Waals surface area contributed by atoms with E-state index in [1.165, 1.54) is 19.3 Å². The van der Waals surface area contributed by atoms with Gasteiger partial charge in [0.2, 0.25) is 17.7 Å². The van der Waals surface area contributed by atoms with Gasteiger partial charge in [0.05, 0.1) is 17.9 Å². The molecule has 3 saturated heterocycles. The molecule has 6 rings (SSSR count). The smallest absolute Gasteiger partial charge is 0.246 e. The highest BCUT2D eigenvalue weighted by Gasteiger charge is 2.72. The van der Waals surface area contributed by atoms with E-state index < -0.39 is 29.6 Å². The molecule has 4 fully saturated rings. The number of nitrogens with one attached hydrogen (secondary N) is 2. The lowest BCUT2D eigenvalue weighted by atomic mass is 9.73. The van der Waals surface area contributed by atoms with Crippen LogP contribution in [0.5, 0.6) is 0 Å². The molecule has 1 aromatic carbocycles. The standard InChI is InChI=1S/C34H47ClN4O4/c1-20-12-17-38(18-13-20)15-6-16-39-30(32(41)37-26-8-5-7-21(2)23(26)4)34-14-11-27(43-34)28(29(34)33(39)42)31(40)36-24-10-9-22(3)25(35)19-24/h9-11,14,19-21,23,26-30H,5-8,12-13,15-18H2,1-4H3,(H,36,40)(H,37,41). The van der Waals surface area contributed by atoms with Crippen LogP contribution in [0, 0.1) is 36.5 Å². The lowest BCUT2D eigenvalue weighted by Crippen LogP contribution is -2.58. The molecule has 5 aliphatic rings. The van der Waals surface area contributed by atoms with E-state index in [4.69, 9.17) is 16.3 Å². The first-order valence-electron chi connectivity index (χ1n) is 16.4. The molecule has 1 spiro atoms. The van der Waals surface area contributed by atoms with Gasteiger partial charge in [0.15, 0.2) is 0 Å². The van der Waals surface area contributed by atoms with Gasteiger partial charge in [-0.2, -0.15) is 0 Å². The van der Waals surface area contributed by atoms with E-state index in [9.17, 15) is 14.4 Å². The molecule has 3 amide bonds. The molecule has 8 atom stereocenters. The molecule has 4 aliphatic heterocycles. The lowest BCUT2D eigenvalue weighted by molar-refractivity contribution is -0.141. The van der Waals surface area contributed by atoms with Crippen LogP contribution in [0.25, 0.3) is 0 Å². The first kappa shape index (κ1) is 30.6. The topological polar surface area (TPSA) is 91.0 Å². The number of nitrogens with zero attached hydrogens (tertiary/aromatic N) is 2. The Balaban J connectivity index is 1.24. The van der Waals surface area contributed by atoms with Crippen molar-refractivity contribution in [1.82, 2.24) is 15.1 Å². The third-order valence-electron chi connectivity index (χ3n) is 11.1. The zero-order valence-corrected chi connectivity index (χ0v) is 26.7. The predicted molar refractivity (Wildman–Crippen MR) is 168 cm³/mol. The van der Waals surface area contributed by atoms with E-state index in [1.807, 2.05) is 31.2 Å². The molecular weight excluding hydrogens is 564 g/mol. The van der Waals surface area contributed by atoms with Gasteiger partial charge in [-0.05, 0) is 87.7 Å². The van der Waals surface area contributed by atoms with Crippen LogP contribution >= 0.6 is 11.6 Å². The molecule has 0 aromatic heterocycles. The van der Waals surface area contributed by atoms with Crippen LogP contribution in [0.2, 0.25) is 5.02 Å². The van der Waals surface area contributed by atoms with E-state index >= 15 is 0 Å². The van der Waals surface area contributed by atoms with Crippen molar-refractivity contribution < 1.29 is 19.1 Å². The van der Waals surface area contributed by atoms with Gasteiger partial charge < -0.3 is 25.2 Å². The minimum Gasteiger partial charge on any atom is -0.359 e. The van der Waals surface area contributed by atoms with E-state index in [0.717, 1.165) is 50.4 Å². The summed E-state index contributed by atoms with van der Waals surface area (Å²) in [5.41, 5.74) is 0.346. The molecule has 1 saturated carbocycles. The molecule has 0 radical (unpaired) electrons. The monoisotopic (exact) mass is 610 g/mol. The maximum Gasteiger partial charge on any atom is 0.246 e. The number of likely N-dealkylation sites (tertiary alicyclic amines) is 2. The molecule has 8 nitrogen and oxygen atoms in total. The number of hydrogen-bond acceptors (Lipinski definition) is 5. The van der Waals surface area contributed by atoms with Crippen molar-refractivity contribution in [3.8, 4) is 0 Å². The maximum absolute atomic E-state index is 14.3. The Labute approximate surface area is 260 Å². The second kappa shape index (κ2) is 12.2. The molecule has 8 unspecified atom stereocenters. The Bertz CT molecular complexity index is 1280. The van der Waals surface area contributed by atoms with Gasteiger partial charge in [-0.25, -0.2) is 0 Å². The van der Waals surface area contributed by atoms with Crippen LogP contribution in [0.15, 0.2) is 30.4 Å². The largest absolute Gasteiger partial charge is 0.359 e. The molecule has 4 heterocycles. The lowest BCUT2D eigenvalue weighted by Gasteiger charge is -2.38. The summed E-state index contributed by atoms with van der Waals surface area (Å²) in [6.07, 6.45) is 9.56. The molecule has 234 valence electrons. The number of benzene rings is 1. The summed E-state index contributed by atoms with van der Waals surface area (Å²) in [6.45, 7) is 12.2. The summed E-state index contributed by atoms with van der Waals surface area (Å²) < 4.78 is 6.55. The third kappa shape index (κ3) is 5.64. The summed E-state index contributed by atoms with van der Waals surface area (Å²) in [7, 11) is 0. The Morgan fingerprint density at radius 1 is 1.07 bits per heavy atom. The zero-order chi connectivity index (χ0) is 30.5. The fraction of sp³-hybridized carbons (Fsp3) is 0.676. The maximum atomic E-state index is 14.3. The summed E-state index contributed by atoms with van der Waals surface area (Å²) >= 11 is 6.32. The van der Waals surface area contributed by atoms with Crippen molar-refractivity contribution in [3.63, 3.8) is 0 Å². The average molecular weight is 611 g/mol. The fourth-order valence-electron chi connectivity index (χ4n) is 8.20. The number of rotatable bonds is 8. The fourth-order valence-corrected chi connectivity index (χ4v) is 8.38. The van der Waals surface area contributed by atoms with E-state index in [-0.39, 0.29) is 23.8 Å². The van der Waals surface area contributed by atoms with Crippen molar-refractivity contribution in [1.29, 1.82) is 0 Å². The second-order valence-corrected chi connectivity index (χ2v) is 14.4. The number of hydrogen-bond donors (Lipinski definition) is 2. The molecule has 9 heteroatoms. The molecule has 1 aromatic rings. The van der Waals surface area contributed by atoms with Crippen molar-refractivity contribution in [2.24, 2.45) is 29.6 Å². The van der Waals surface area contributed by atoms with Gasteiger partial charge in [0.25, 0.3) is 0 Å². The van der Waals surface area contributed by atoms with Crippen LogP contribution in [-0.4, -0.2) is 77.5 Å². The molecule has 43 heavy (non-hydrogen) atoms. The van der Waals surface area contributed by atoms with Crippen molar-refractivity contribution in [3.05, 3.63) is 40.9 Å². The molecule has 1 aliphatic carbocycles. The van der Waals surface area contributed by atoms with Crippen molar-refractivity contribution in [2.45, 2.75) is 90.0 Å². The number of aryl methyl sites for hydroxylation is 1. The number of anilines is 1. The first-order chi connectivity index (χ1) is 20.6. The number of fused-ring (bicyclic) bond motifs is 1. The Hall–Kier alpha value is -2.42. The number of halogens is 1. The second-order valence-electron chi connectivity index (χ2n) is 13.9. The summed E-state index contributed by atoms with van der Waals surface area (Å²) in [5.74, 6) is -0.446. The van der Waals surface area contributed by atoms with Gasteiger partial charge in [0.1, 0.15) is 11.6 Å². The van der Waals surface area contributed by atoms with E-state index in [1.54, 1.807) is 11.0 Å². The van der Waals surface area contributed by atoms with Crippen LogP contribution in [0.4, 0.5) is 5.69 Å². The minimum atomic E-state index is -1.15. The van der Waals surface area contributed by atoms with Crippen molar-refractivity contribution >= 4 is 35.0 Å². The summed E-state index contributed by atoms with van der Waals surface area (Å²) in [5, 5.41) is 6.89.